The van der Waals surface area contributed by atoms with Crippen molar-refractivity contribution in [2.75, 3.05) is 11.9 Å². The minimum absolute atomic E-state index is 0.146. The molecule has 1 aliphatic heterocycles. The van der Waals surface area contributed by atoms with Crippen molar-refractivity contribution in [1.29, 1.82) is 0 Å². The number of carbonyl (C=O) groups excluding carboxylic acids is 1. The van der Waals surface area contributed by atoms with Crippen LogP contribution in [0.15, 0.2) is 59.8 Å². The molecule has 0 fully saturated rings. The van der Waals surface area contributed by atoms with E-state index < -0.39 is 6.04 Å². The highest BCUT2D eigenvalue weighted by atomic mass is 16.5. The second-order valence-corrected chi connectivity index (χ2v) is 6.18. The van der Waals surface area contributed by atoms with Crippen LogP contribution in [0.5, 0.6) is 5.75 Å². The van der Waals surface area contributed by atoms with E-state index in [0.29, 0.717) is 23.8 Å². The molecule has 0 saturated carbocycles. The summed E-state index contributed by atoms with van der Waals surface area (Å²) in [5, 5.41) is 13.2. The molecule has 0 unspecified atom stereocenters. The molecule has 2 aromatic carbocycles. The Labute approximate surface area is 150 Å². The maximum Gasteiger partial charge on any atom is 0.338 e. The number of hydrogen-bond donors (Lipinski definition) is 2. The van der Waals surface area contributed by atoms with E-state index in [0.717, 1.165) is 16.6 Å². The van der Waals surface area contributed by atoms with E-state index in [1.807, 2.05) is 41.8 Å². The van der Waals surface area contributed by atoms with Crippen LogP contribution in [-0.2, 0) is 9.53 Å². The molecule has 1 aliphatic rings. The third-order valence-electron chi connectivity index (χ3n) is 4.51. The van der Waals surface area contributed by atoms with Gasteiger partial charge in [-0.25, -0.2) is 9.78 Å². The number of fused-ring (bicyclic) bond motifs is 3. The van der Waals surface area contributed by atoms with E-state index in [2.05, 4.69) is 10.3 Å². The summed E-state index contributed by atoms with van der Waals surface area (Å²) in [6.07, 6.45) is 0. The third-order valence-corrected chi connectivity index (χ3v) is 4.51. The lowest BCUT2D eigenvalue weighted by Gasteiger charge is -2.30. The Morgan fingerprint density at radius 1 is 1.27 bits per heavy atom. The SMILES string of the molecule is CCOC(=O)C1=C(C)Nc2nc3ccccc3n2[C@@H]1c1cccc(O)c1. The second-order valence-electron chi connectivity index (χ2n) is 6.18. The van der Waals surface area contributed by atoms with Crippen molar-refractivity contribution in [2.24, 2.45) is 0 Å². The molecule has 132 valence electrons. The van der Waals surface area contributed by atoms with Gasteiger partial charge in [-0.2, -0.15) is 0 Å². The van der Waals surface area contributed by atoms with Gasteiger partial charge in [0.05, 0.1) is 29.3 Å². The number of imidazole rings is 1. The zero-order valence-corrected chi connectivity index (χ0v) is 14.6. The number of benzene rings is 2. The Morgan fingerprint density at radius 3 is 2.85 bits per heavy atom. The quantitative estimate of drug-likeness (QED) is 0.707. The number of phenolic OH excluding ortho intramolecular Hbond substituents is 1. The smallest absolute Gasteiger partial charge is 0.338 e. The fourth-order valence-electron chi connectivity index (χ4n) is 3.45. The number of aromatic nitrogens is 2. The van der Waals surface area contributed by atoms with Crippen molar-refractivity contribution in [3.05, 3.63) is 65.4 Å². The molecule has 0 radical (unpaired) electrons. The standard InChI is InChI=1S/C20H19N3O3/c1-3-26-19(25)17-12(2)21-20-22-15-9-4-5-10-16(15)23(20)18(17)13-7-6-8-14(24)11-13/h4-11,18,24H,3H2,1-2H3,(H,21,22)/t18-/m1/s1. The maximum atomic E-state index is 12.7. The zero-order valence-electron chi connectivity index (χ0n) is 14.6. The summed E-state index contributed by atoms with van der Waals surface area (Å²) in [6.45, 7) is 3.91. The van der Waals surface area contributed by atoms with Gasteiger partial charge in [-0.3, -0.25) is 4.57 Å². The largest absolute Gasteiger partial charge is 0.508 e. The number of phenols is 1. The van der Waals surface area contributed by atoms with Crippen LogP contribution in [0.2, 0.25) is 0 Å². The van der Waals surface area contributed by atoms with Gasteiger partial charge in [-0.15, -0.1) is 0 Å². The molecule has 0 aliphatic carbocycles. The lowest BCUT2D eigenvalue weighted by Crippen LogP contribution is -2.28. The number of aromatic hydroxyl groups is 1. The first-order valence-electron chi connectivity index (χ1n) is 8.51. The Hall–Kier alpha value is -3.28. The normalized spacial score (nSPS) is 16.3. The minimum Gasteiger partial charge on any atom is -0.508 e. The van der Waals surface area contributed by atoms with Crippen molar-refractivity contribution < 1.29 is 14.6 Å². The van der Waals surface area contributed by atoms with E-state index in [-0.39, 0.29) is 11.7 Å². The van der Waals surface area contributed by atoms with Gasteiger partial charge < -0.3 is 15.2 Å². The summed E-state index contributed by atoms with van der Waals surface area (Å²) in [6, 6.07) is 14.3. The first-order valence-corrected chi connectivity index (χ1v) is 8.51. The van der Waals surface area contributed by atoms with E-state index in [1.54, 1.807) is 25.1 Å². The summed E-state index contributed by atoms with van der Waals surface area (Å²) >= 11 is 0. The van der Waals surface area contributed by atoms with Gasteiger partial charge in [0.2, 0.25) is 5.95 Å². The van der Waals surface area contributed by atoms with Gasteiger partial charge in [0.25, 0.3) is 0 Å². The highest BCUT2D eigenvalue weighted by molar-refractivity contribution is 5.94. The predicted molar refractivity (Wildman–Crippen MR) is 98.9 cm³/mol. The maximum absolute atomic E-state index is 12.7. The van der Waals surface area contributed by atoms with Crippen LogP contribution >= 0.6 is 0 Å². The zero-order chi connectivity index (χ0) is 18.3. The number of nitrogens with zero attached hydrogens (tertiary/aromatic N) is 2. The first kappa shape index (κ1) is 16.2. The molecular formula is C20H19N3O3. The molecule has 1 atom stereocenters. The number of para-hydroxylation sites is 2. The highest BCUT2D eigenvalue weighted by Gasteiger charge is 2.34. The van der Waals surface area contributed by atoms with Gasteiger partial charge in [0.15, 0.2) is 0 Å². The Morgan fingerprint density at radius 2 is 2.08 bits per heavy atom. The van der Waals surface area contributed by atoms with Crippen LogP contribution in [0.25, 0.3) is 11.0 Å². The summed E-state index contributed by atoms with van der Waals surface area (Å²) in [5.74, 6) is 0.423. The number of esters is 1. The number of rotatable bonds is 3. The molecule has 3 aromatic rings. The van der Waals surface area contributed by atoms with Crippen molar-refractivity contribution in [3.8, 4) is 5.75 Å². The molecule has 2 N–H and O–H groups in total. The molecule has 0 amide bonds. The van der Waals surface area contributed by atoms with Crippen molar-refractivity contribution >= 4 is 23.0 Å². The predicted octanol–water partition coefficient (Wildman–Crippen LogP) is 3.59. The first-order chi connectivity index (χ1) is 12.6. The molecule has 2 heterocycles. The highest BCUT2D eigenvalue weighted by Crippen LogP contribution is 2.40. The number of allylic oxidation sites excluding steroid dienone is 1. The van der Waals surface area contributed by atoms with Crippen LogP contribution < -0.4 is 5.32 Å². The third kappa shape index (κ3) is 2.50. The molecular weight excluding hydrogens is 330 g/mol. The molecule has 0 bridgehead atoms. The Balaban J connectivity index is 1.99. The topological polar surface area (TPSA) is 76.4 Å². The monoisotopic (exact) mass is 349 g/mol. The Bertz CT molecular complexity index is 1040. The van der Waals surface area contributed by atoms with Gasteiger partial charge in [-0.1, -0.05) is 24.3 Å². The summed E-state index contributed by atoms with van der Waals surface area (Å²) < 4.78 is 7.28. The fourth-order valence-corrected chi connectivity index (χ4v) is 3.45. The summed E-state index contributed by atoms with van der Waals surface area (Å²) in [7, 11) is 0. The molecule has 1 aromatic heterocycles. The van der Waals surface area contributed by atoms with Crippen LogP contribution in [-0.4, -0.2) is 27.2 Å². The van der Waals surface area contributed by atoms with Crippen LogP contribution in [0, 0.1) is 0 Å². The van der Waals surface area contributed by atoms with Crippen molar-refractivity contribution in [1.82, 2.24) is 9.55 Å². The van der Waals surface area contributed by atoms with Crippen molar-refractivity contribution in [3.63, 3.8) is 0 Å². The molecule has 6 nitrogen and oxygen atoms in total. The molecule has 26 heavy (non-hydrogen) atoms. The lowest BCUT2D eigenvalue weighted by molar-refractivity contribution is -0.139. The van der Waals surface area contributed by atoms with E-state index in [1.165, 1.54) is 0 Å². The summed E-state index contributed by atoms with van der Waals surface area (Å²) in [5.41, 5.74) is 3.72. The molecule has 6 heteroatoms. The van der Waals surface area contributed by atoms with Gasteiger partial charge in [0, 0.05) is 5.70 Å². The number of ether oxygens (including phenoxy) is 1. The number of anilines is 1. The molecule has 0 spiro atoms. The summed E-state index contributed by atoms with van der Waals surface area (Å²) in [4.78, 5) is 17.4. The van der Waals surface area contributed by atoms with Gasteiger partial charge >= 0.3 is 5.97 Å². The number of carbonyl (C=O) groups is 1. The Kier molecular flexibility index (Phi) is 3.88. The van der Waals surface area contributed by atoms with Gasteiger partial charge in [0.1, 0.15) is 5.75 Å². The van der Waals surface area contributed by atoms with E-state index in [4.69, 9.17) is 4.74 Å². The number of hydrogen-bond acceptors (Lipinski definition) is 5. The molecule has 0 saturated heterocycles. The van der Waals surface area contributed by atoms with Gasteiger partial charge in [-0.05, 0) is 43.7 Å². The van der Waals surface area contributed by atoms with Crippen LogP contribution in [0.4, 0.5) is 5.95 Å². The average Bonchev–Trinajstić information content (AvgIpc) is 2.98. The molecule has 4 rings (SSSR count). The van der Waals surface area contributed by atoms with Crippen molar-refractivity contribution in [2.45, 2.75) is 19.9 Å². The second kappa shape index (κ2) is 6.22. The van der Waals surface area contributed by atoms with Crippen LogP contribution in [0.1, 0.15) is 25.5 Å². The number of nitrogens with one attached hydrogen (secondary N) is 1. The van der Waals surface area contributed by atoms with E-state index >= 15 is 0 Å². The minimum atomic E-state index is -0.440. The van der Waals surface area contributed by atoms with E-state index in [9.17, 15) is 9.90 Å². The lowest BCUT2D eigenvalue weighted by atomic mass is 9.95. The van der Waals surface area contributed by atoms with Crippen LogP contribution in [0.3, 0.4) is 0 Å². The average molecular weight is 349 g/mol. The fraction of sp³-hybridized carbons (Fsp3) is 0.200.